The molecule has 0 heterocycles. The van der Waals surface area contributed by atoms with Crippen molar-refractivity contribution < 1.29 is 22.0 Å². The Labute approximate surface area is 78.8 Å². The van der Waals surface area contributed by atoms with Gasteiger partial charge in [0, 0.05) is 5.57 Å². The van der Waals surface area contributed by atoms with E-state index >= 15 is 0 Å². The van der Waals surface area contributed by atoms with Crippen molar-refractivity contribution in [3.8, 4) is 0 Å². The molecule has 0 spiro atoms. The van der Waals surface area contributed by atoms with E-state index in [9.17, 15) is 22.0 Å². The first-order chi connectivity index (χ1) is 6.25. The van der Waals surface area contributed by atoms with Crippen LogP contribution in [-0.2, 0) is 0 Å². The van der Waals surface area contributed by atoms with Gasteiger partial charge in [0.2, 0.25) is 0 Å². The molecular weight excluding hydrogens is 203 g/mol. The molecule has 5 heteroatoms. The fourth-order valence-electron chi connectivity index (χ4n) is 1.43. The molecule has 0 nitrogen and oxygen atoms in total. The van der Waals surface area contributed by atoms with Crippen LogP contribution < -0.4 is 0 Å². The van der Waals surface area contributed by atoms with Crippen LogP contribution in [0.3, 0.4) is 0 Å². The summed E-state index contributed by atoms with van der Waals surface area (Å²) in [7, 11) is 0. The van der Waals surface area contributed by atoms with E-state index in [0.29, 0.717) is 12.8 Å². The number of alkyl halides is 5. The Morgan fingerprint density at radius 3 is 2.14 bits per heavy atom. The summed E-state index contributed by atoms with van der Waals surface area (Å²) in [5, 5.41) is 0. The van der Waals surface area contributed by atoms with Crippen molar-refractivity contribution >= 4 is 0 Å². The predicted octanol–water partition coefficient (Wildman–Crippen LogP) is 3.93. The Balaban J connectivity index is 2.84. The maximum absolute atomic E-state index is 12.8. The summed E-state index contributed by atoms with van der Waals surface area (Å²) in [4.78, 5) is 0. The van der Waals surface area contributed by atoms with Gasteiger partial charge in [-0.3, -0.25) is 0 Å². The van der Waals surface area contributed by atoms with E-state index in [1.165, 1.54) is 0 Å². The molecule has 0 saturated carbocycles. The normalized spacial score (nSPS) is 24.7. The first kappa shape index (κ1) is 11.5. The molecule has 14 heavy (non-hydrogen) atoms. The highest BCUT2D eigenvalue weighted by molar-refractivity contribution is 5.18. The van der Waals surface area contributed by atoms with E-state index < -0.39 is 17.7 Å². The molecule has 0 aromatic heterocycles. The molecule has 1 aliphatic carbocycles. The van der Waals surface area contributed by atoms with Crippen molar-refractivity contribution in [3.63, 3.8) is 0 Å². The smallest absolute Gasteiger partial charge is 0.191 e. The summed E-state index contributed by atoms with van der Waals surface area (Å²) < 4.78 is 61.3. The van der Waals surface area contributed by atoms with Crippen LogP contribution in [-0.4, -0.2) is 12.1 Å². The minimum atomic E-state index is -5.46. The molecule has 0 aromatic rings. The lowest BCUT2D eigenvalue weighted by Gasteiger charge is -2.26. The lowest BCUT2D eigenvalue weighted by Crippen LogP contribution is -2.39. The second-order valence-electron chi connectivity index (χ2n) is 3.68. The largest absolute Gasteiger partial charge is 0.457 e. The molecule has 0 aromatic carbocycles. The van der Waals surface area contributed by atoms with Gasteiger partial charge < -0.3 is 0 Å². The van der Waals surface area contributed by atoms with E-state index in [1.807, 2.05) is 6.92 Å². The van der Waals surface area contributed by atoms with E-state index in [2.05, 4.69) is 0 Å². The van der Waals surface area contributed by atoms with Crippen LogP contribution in [0.4, 0.5) is 22.0 Å². The summed E-state index contributed by atoms with van der Waals surface area (Å²) in [6.45, 7) is 1.83. The molecule has 1 aliphatic rings. The maximum Gasteiger partial charge on any atom is 0.457 e. The van der Waals surface area contributed by atoms with Crippen molar-refractivity contribution in [1.82, 2.24) is 0 Å². The number of allylic oxidation sites excluding steroid dienone is 2. The molecule has 0 saturated heterocycles. The molecule has 1 rings (SSSR count). The molecule has 0 fully saturated rings. The van der Waals surface area contributed by atoms with Gasteiger partial charge in [-0.15, -0.1) is 0 Å². The second-order valence-corrected chi connectivity index (χ2v) is 3.68. The van der Waals surface area contributed by atoms with E-state index in [1.54, 1.807) is 0 Å². The highest BCUT2D eigenvalue weighted by Gasteiger charge is 2.59. The minimum absolute atomic E-state index is 0.159. The standard InChI is InChI=1S/C9H11F5/c1-6-2-4-7(5-3-6)8(10,11)9(12,13)14/h4,6H,2-3,5H2,1H3. The molecule has 1 atom stereocenters. The van der Waals surface area contributed by atoms with Crippen molar-refractivity contribution in [3.05, 3.63) is 11.6 Å². The number of rotatable bonds is 1. The van der Waals surface area contributed by atoms with E-state index in [0.717, 1.165) is 6.08 Å². The highest BCUT2D eigenvalue weighted by Crippen LogP contribution is 2.44. The van der Waals surface area contributed by atoms with Gasteiger partial charge in [-0.05, 0) is 25.2 Å². The molecule has 0 amide bonds. The molecular formula is C9H11F5. The SMILES string of the molecule is CC1CC=C(C(F)(F)C(F)(F)F)CC1. The van der Waals surface area contributed by atoms with Gasteiger partial charge in [0.15, 0.2) is 0 Å². The Bertz CT molecular complexity index is 238. The van der Waals surface area contributed by atoms with E-state index in [-0.39, 0.29) is 12.3 Å². The summed E-state index contributed by atoms with van der Waals surface area (Å²) in [6, 6.07) is 0. The third-order valence-electron chi connectivity index (χ3n) is 2.43. The third-order valence-corrected chi connectivity index (χ3v) is 2.43. The minimum Gasteiger partial charge on any atom is -0.191 e. The first-order valence-electron chi connectivity index (χ1n) is 4.39. The van der Waals surface area contributed by atoms with Crippen LogP contribution in [0, 0.1) is 5.92 Å². The quantitative estimate of drug-likeness (QED) is 0.458. The van der Waals surface area contributed by atoms with Crippen LogP contribution in [0.25, 0.3) is 0 Å². The first-order valence-corrected chi connectivity index (χ1v) is 4.39. The summed E-state index contributed by atoms with van der Waals surface area (Å²) in [5.74, 6) is -4.45. The maximum atomic E-state index is 12.8. The van der Waals surface area contributed by atoms with Crippen molar-refractivity contribution in [2.75, 3.05) is 0 Å². The van der Waals surface area contributed by atoms with Crippen LogP contribution in [0.5, 0.6) is 0 Å². The van der Waals surface area contributed by atoms with Crippen LogP contribution >= 0.6 is 0 Å². The zero-order valence-corrected chi connectivity index (χ0v) is 7.67. The topological polar surface area (TPSA) is 0 Å². The van der Waals surface area contributed by atoms with Gasteiger partial charge in [-0.1, -0.05) is 13.0 Å². The van der Waals surface area contributed by atoms with Crippen LogP contribution in [0.1, 0.15) is 26.2 Å². The summed E-state index contributed by atoms with van der Waals surface area (Å²) >= 11 is 0. The lowest BCUT2D eigenvalue weighted by molar-refractivity contribution is -0.265. The summed E-state index contributed by atoms with van der Waals surface area (Å²) in [6.07, 6.45) is -3.88. The molecule has 82 valence electrons. The average molecular weight is 214 g/mol. The highest BCUT2D eigenvalue weighted by atomic mass is 19.4. The van der Waals surface area contributed by atoms with Gasteiger partial charge in [0.1, 0.15) is 0 Å². The van der Waals surface area contributed by atoms with Gasteiger partial charge in [-0.25, -0.2) is 0 Å². The average Bonchev–Trinajstić information content (AvgIpc) is 2.03. The Hall–Kier alpha value is -0.610. The molecule has 0 aliphatic heterocycles. The van der Waals surface area contributed by atoms with Gasteiger partial charge in [0.05, 0.1) is 0 Å². The van der Waals surface area contributed by atoms with Crippen LogP contribution in [0.2, 0.25) is 0 Å². The van der Waals surface area contributed by atoms with Crippen molar-refractivity contribution in [1.29, 1.82) is 0 Å². The number of hydrogen-bond donors (Lipinski definition) is 0. The molecule has 0 radical (unpaired) electrons. The van der Waals surface area contributed by atoms with E-state index in [4.69, 9.17) is 0 Å². The monoisotopic (exact) mass is 214 g/mol. The fraction of sp³-hybridized carbons (Fsp3) is 0.778. The molecule has 0 N–H and O–H groups in total. The Morgan fingerprint density at radius 1 is 1.21 bits per heavy atom. The zero-order valence-electron chi connectivity index (χ0n) is 7.67. The lowest BCUT2D eigenvalue weighted by atomic mass is 9.88. The predicted molar refractivity (Wildman–Crippen MR) is 42.1 cm³/mol. The summed E-state index contributed by atoms with van der Waals surface area (Å²) in [5.41, 5.74) is -0.775. The van der Waals surface area contributed by atoms with Crippen molar-refractivity contribution in [2.45, 2.75) is 38.3 Å². The Kier molecular flexibility index (Phi) is 2.88. The van der Waals surface area contributed by atoms with Crippen molar-refractivity contribution in [2.24, 2.45) is 5.92 Å². The number of hydrogen-bond acceptors (Lipinski definition) is 0. The van der Waals surface area contributed by atoms with Crippen LogP contribution in [0.15, 0.2) is 11.6 Å². The van der Waals surface area contributed by atoms with Gasteiger partial charge >= 0.3 is 12.1 Å². The van der Waals surface area contributed by atoms with Gasteiger partial charge in [-0.2, -0.15) is 22.0 Å². The van der Waals surface area contributed by atoms with Gasteiger partial charge in [0.25, 0.3) is 0 Å². The molecule has 0 bridgehead atoms. The molecule has 1 unspecified atom stereocenters. The second kappa shape index (κ2) is 3.51. The third kappa shape index (κ3) is 2.07. The Morgan fingerprint density at radius 2 is 1.79 bits per heavy atom. The number of halogens is 5. The fourth-order valence-corrected chi connectivity index (χ4v) is 1.43. The zero-order chi connectivity index (χ0) is 11.0.